The molecule has 0 saturated carbocycles. The van der Waals surface area contributed by atoms with Gasteiger partial charge in [0, 0.05) is 105 Å². The molecule has 0 spiro atoms. The Morgan fingerprint density at radius 2 is 0.704 bits per heavy atom. The van der Waals surface area contributed by atoms with Gasteiger partial charge in [-0.15, -0.1) is 0 Å². The van der Waals surface area contributed by atoms with Crippen LogP contribution in [0.5, 0.6) is 0 Å². The molecule has 500 valence electrons. The van der Waals surface area contributed by atoms with Gasteiger partial charge in [-0.05, 0) is 127 Å². The second-order valence-corrected chi connectivity index (χ2v) is 24.8. The molecule has 0 unspecified atom stereocenters. The Balaban J connectivity index is 0.000000172. The maximum Gasteiger partial charge on any atom is 0.258 e. The summed E-state index contributed by atoms with van der Waals surface area (Å²) >= 11 is 37.6. The molecule has 3 aromatic heterocycles. The number of pyridine rings is 3. The first-order valence-corrected chi connectivity index (χ1v) is 32.8. The van der Waals surface area contributed by atoms with Gasteiger partial charge in [-0.25, -0.2) is 15.0 Å². The monoisotopic (exact) mass is 1450 g/mol. The molecule has 2 aliphatic rings. The summed E-state index contributed by atoms with van der Waals surface area (Å²) in [4.78, 5) is 92.8. The second-order valence-electron chi connectivity index (χ2n) is 21.0. The Labute approximate surface area is 595 Å². The number of rotatable bonds is 15. The number of halogens is 6. The Kier molecular flexibility index (Phi) is 25.5. The van der Waals surface area contributed by atoms with Crippen LogP contribution in [-0.4, -0.2) is 134 Å². The fourth-order valence-corrected chi connectivity index (χ4v) is 11.0. The average molecular weight is 1460 g/mol. The highest BCUT2D eigenvalue weighted by atomic mass is 35.5. The molecule has 9 aromatic rings. The number of amidine groups is 3. The lowest BCUT2D eigenvalue weighted by Gasteiger charge is -2.29. The van der Waals surface area contributed by atoms with Gasteiger partial charge in [-0.3, -0.25) is 39.6 Å². The molecule has 0 atom stereocenters. The van der Waals surface area contributed by atoms with E-state index in [0.29, 0.717) is 125 Å². The Hall–Kier alpha value is -10.2. The van der Waals surface area contributed by atoms with Crippen molar-refractivity contribution in [1.29, 1.82) is 10.8 Å². The minimum Gasteiger partial charge on any atom is -0.409 e. The van der Waals surface area contributed by atoms with Gasteiger partial charge in [0.1, 0.15) is 29.1 Å². The summed E-state index contributed by atoms with van der Waals surface area (Å²) in [6.07, 6.45) is 4.24. The number of ether oxygens (including phenoxy) is 1. The minimum atomic E-state index is -0.509. The second kappa shape index (κ2) is 34.7. The minimum absolute atomic E-state index is 0.0746. The topological polar surface area (TPSA) is 335 Å². The SMILES string of the molecule is N=C(c1ccc(C(=O)Nc2ccc(Cl)cc2C(=O)Nc2ccc(Cl)cn2)cc1)N1CCOCC1.N=C(c1ccc(C(=O)Nc2ccc(Cl)cc2C(=O)Nc2ccc(Cl)cn2)cc1)N1CCSCC1.NC(=NO)c1ccc(C(=O)Nc2ccc(Cl)cc2C(=O)Nc2ccc(Cl)cn2)cc1. The molecule has 5 heterocycles. The molecule has 11 N–H and O–H groups in total. The number of anilines is 6. The van der Waals surface area contributed by atoms with E-state index in [-0.39, 0.29) is 34.1 Å². The molecule has 2 fully saturated rings. The number of benzene rings is 6. The molecular weight excluding hydrogens is 1400 g/mol. The van der Waals surface area contributed by atoms with Crippen molar-refractivity contribution in [1.82, 2.24) is 24.8 Å². The van der Waals surface area contributed by atoms with Crippen LogP contribution in [0, 0.1) is 10.8 Å². The van der Waals surface area contributed by atoms with Crippen molar-refractivity contribution in [2.24, 2.45) is 10.9 Å². The van der Waals surface area contributed by atoms with Crippen LogP contribution in [0.4, 0.5) is 34.5 Å². The quantitative estimate of drug-likeness (QED) is 0.0197. The smallest absolute Gasteiger partial charge is 0.258 e. The highest BCUT2D eigenvalue weighted by Gasteiger charge is 2.22. The standard InChI is InChI=1S/C24H21Cl2N5O3.C24H21Cl2N5O2S.C20H15Cl2N5O3/c2*25-17-5-7-20(19(13-17)24(33)30-21-8-6-18(26)14-28-21)29-23(32)16-3-1-15(2-4-16)22(27)31-9-11-34-12-10-31;21-13-5-7-16(15(9-13)20(29)26-17-8-6-14(22)10-24-17)25-19(28)12-3-1-11(2-4-12)18(23)27-30/h2*1-8,13-14,27H,9-12H2,(H,29,32)(H,28,30,33);1-10,30H,(H2,23,27)(H,25,28)(H,24,26,29). The number of hydrogen-bond donors (Lipinski definition) is 10. The van der Waals surface area contributed by atoms with E-state index in [2.05, 4.69) is 52.0 Å². The van der Waals surface area contributed by atoms with Gasteiger partial charge in [0.2, 0.25) is 0 Å². The lowest BCUT2D eigenvalue weighted by molar-refractivity contribution is 0.0680. The molecule has 11 rings (SSSR count). The summed E-state index contributed by atoms with van der Waals surface area (Å²) in [6, 6.07) is 43.0. The summed E-state index contributed by atoms with van der Waals surface area (Å²) in [5, 5.41) is 46.9. The van der Waals surface area contributed by atoms with Gasteiger partial charge >= 0.3 is 0 Å². The summed E-state index contributed by atoms with van der Waals surface area (Å²) in [5.41, 5.74) is 9.94. The number of carbonyl (C=O) groups excluding carboxylic acids is 6. The van der Waals surface area contributed by atoms with E-state index in [0.717, 1.165) is 30.2 Å². The van der Waals surface area contributed by atoms with Crippen molar-refractivity contribution in [2.75, 3.05) is 82.8 Å². The summed E-state index contributed by atoms with van der Waals surface area (Å²) in [7, 11) is 0. The van der Waals surface area contributed by atoms with Crippen LogP contribution in [0.15, 0.2) is 188 Å². The lowest BCUT2D eigenvalue weighted by atomic mass is 10.1. The van der Waals surface area contributed by atoms with Gasteiger partial charge in [0.05, 0.1) is 62.0 Å². The summed E-state index contributed by atoms with van der Waals surface area (Å²) < 4.78 is 5.33. The first kappa shape index (κ1) is 72.1. The summed E-state index contributed by atoms with van der Waals surface area (Å²) in [6.45, 7) is 4.20. The first-order chi connectivity index (χ1) is 47.2. The van der Waals surface area contributed by atoms with Crippen LogP contribution in [-0.2, 0) is 4.74 Å². The van der Waals surface area contributed by atoms with E-state index in [1.54, 1.807) is 115 Å². The molecule has 2 saturated heterocycles. The van der Waals surface area contributed by atoms with Crippen molar-refractivity contribution in [3.8, 4) is 0 Å². The zero-order valence-electron chi connectivity index (χ0n) is 51.2. The fraction of sp³-hybridized carbons (Fsp3) is 0.118. The lowest BCUT2D eigenvalue weighted by Crippen LogP contribution is -2.40. The number of carbonyl (C=O) groups is 6. The maximum atomic E-state index is 12.9. The number of hydrogen-bond acceptors (Lipinski definition) is 15. The van der Waals surface area contributed by atoms with Crippen LogP contribution in [0.3, 0.4) is 0 Å². The molecule has 30 heteroatoms. The largest absolute Gasteiger partial charge is 0.409 e. The molecule has 6 amide bonds. The van der Waals surface area contributed by atoms with E-state index in [1.165, 1.54) is 67.1 Å². The zero-order valence-corrected chi connectivity index (χ0v) is 56.6. The van der Waals surface area contributed by atoms with Crippen LogP contribution >= 0.6 is 81.4 Å². The van der Waals surface area contributed by atoms with Gasteiger partial charge in [-0.2, -0.15) is 11.8 Å². The third-order valence-corrected chi connectivity index (χ3v) is 16.7. The number of morpholine rings is 1. The normalized spacial score (nSPS) is 12.6. The number of aromatic nitrogens is 3. The van der Waals surface area contributed by atoms with Crippen molar-refractivity contribution in [2.45, 2.75) is 0 Å². The molecule has 2 aliphatic heterocycles. The molecule has 0 bridgehead atoms. The van der Waals surface area contributed by atoms with Gasteiger partial charge in [0.15, 0.2) is 5.84 Å². The van der Waals surface area contributed by atoms with Crippen molar-refractivity contribution < 1.29 is 38.7 Å². The number of thioether (sulfide) groups is 1. The maximum absolute atomic E-state index is 12.9. The fourth-order valence-electron chi connectivity index (χ4n) is 9.27. The number of nitrogens with one attached hydrogen (secondary N) is 8. The highest BCUT2D eigenvalue weighted by Crippen LogP contribution is 2.28. The van der Waals surface area contributed by atoms with Crippen molar-refractivity contribution in [3.63, 3.8) is 0 Å². The molecule has 0 radical (unpaired) electrons. The zero-order chi connectivity index (χ0) is 69.8. The molecular formula is C68H57Cl6N15O8S. The molecule has 98 heavy (non-hydrogen) atoms. The van der Waals surface area contributed by atoms with E-state index < -0.39 is 29.5 Å². The van der Waals surface area contributed by atoms with Crippen LogP contribution < -0.4 is 37.6 Å². The van der Waals surface area contributed by atoms with E-state index in [1.807, 2.05) is 21.6 Å². The van der Waals surface area contributed by atoms with Crippen LogP contribution in [0.2, 0.25) is 30.1 Å². The molecule has 6 aromatic carbocycles. The number of nitrogens with two attached hydrogens (primary N) is 1. The van der Waals surface area contributed by atoms with Crippen molar-refractivity contribution in [3.05, 3.63) is 263 Å². The average Bonchev–Trinajstić information content (AvgIpc) is 0.877. The third-order valence-electron chi connectivity index (χ3n) is 14.4. The Morgan fingerprint density at radius 3 is 1.01 bits per heavy atom. The van der Waals surface area contributed by atoms with Crippen LogP contribution in [0.25, 0.3) is 0 Å². The first-order valence-electron chi connectivity index (χ1n) is 29.4. The van der Waals surface area contributed by atoms with Crippen molar-refractivity contribution >= 4 is 169 Å². The predicted molar refractivity (Wildman–Crippen MR) is 387 cm³/mol. The Morgan fingerprint density at radius 1 is 0.408 bits per heavy atom. The third kappa shape index (κ3) is 20.2. The van der Waals surface area contributed by atoms with Gasteiger partial charge < -0.3 is 57.4 Å². The van der Waals surface area contributed by atoms with E-state index in [9.17, 15) is 28.8 Å². The van der Waals surface area contributed by atoms with E-state index in [4.69, 9.17) is 96.1 Å². The molecule has 0 aliphatic carbocycles. The predicted octanol–water partition coefficient (Wildman–Crippen LogP) is 13.8. The van der Waals surface area contributed by atoms with Gasteiger partial charge in [0.25, 0.3) is 35.4 Å². The highest BCUT2D eigenvalue weighted by molar-refractivity contribution is 7.99. The van der Waals surface area contributed by atoms with E-state index >= 15 is 0 Å². The molecule has 23 nitrogen and oxygen atoms in total. The van der Waals surface area contributed by atoms with Gasteiger partial charge in [-0.1, -0.05) is 111 Å². The number of amides is 6. The number of oxime groups is 1. The van der Waals surface area contributed by atoms with Crippen LogP contribution in [0.1, 0.15) is 78.8 Å². The summed E-state index contributed by atoms with van der Waals surface area (Å²) in [5.74, 6) is 1.00. The number of nitrogens with zero attached hydrogens (tertiary/aromatic N) is 6. The Bertz CT molecular complexity index is 4240.